The minimum atomic E-state index is -2.02. The van der Waals surface area contributed by atoms with Crippen molar-refractivity contribution >= 4 is 45.1 Å². The Hall–Kier alpha value is -1.74. The molecule has 0 aliphatic heterocycles. The normalized spacial score (nSPS) is 11.7. The monoisotopic (exact) mass is 546 g/mol. The average molecular weight is 548 g/mol. The molecule has 0 unspecified atom stereocenters. The summed E-state index contributed by atoms with van der Waals surface area (Å²) < 4.78 is 6.16. The van der Waals surface area contributed by atoms with Gasteiger partial charge in [0.15, 0.2) is 0 Å². The first-order valence-corrected chi connectivity index (χ1v) is 12.4. The largest absolute Gasteiger partial charge is 1.00 e. The van der Waals surface area contributed by atoms with Crippen molar-refractivity contribution < 1.29 is 26.5 Å². The first-order chi connectivity index (χ1) is 14.0. The molecule has 0 saturated heterocycles. The van der Waals surface area contributed by atoms with Gasteiger partial charge in [0, 0.05) is 10.6 Å². The lowest BCUT2D eigenvalue weighted by Crippen LogP contribution is -3.00. The summed E-state index contributed by atoms with van der Waals surface area (Å²) in [4.78, 5) is 12.2. The van der Waals surface area contributed by atoms with E-state index in [1.165, 1.54) is 15.9 Å². The maximum atomic E-state index is 12.2. The van der Waals surface area contributed by atoms with Crippen LogP contribution < -0.4 is 32.9 Å². The van der Waals surface area contributed by atoms with Crippen LogP contribution in [0.2, 0.25) is 0 Å². The van der Waals surface area contributed by atoms with Crippen LogP contribution in [0.1, 0.15) is 13.8 Å². The Bertz CT molecular complexity index is 862. The SMILES string of the molecule is CC(C)OC(=O)/C=C(/Br)C[P+](c1ccccc1)(c1ccccc1)c1ccccc1.[Br-]. The molecule has 0 saturated carbocycles. The van der Waals surface area contributed by atoms with Crippen LogP contribution in [-0.2, 0) is 9.53 Å². The van der Waals surface area contributed by atoms with Crippen molar-refractivity contribution in [3.8, 4) is 0 Å². The molecule has 0 aliphatic carbocycles. The molecule has 0 fully saturated rings. The van der Waals surface area contributed by atoms with E-state index in [-0.39, 0.29) is 29.1 Å². The second-order valence-electron chi connectivity index (χ2n) is 7.05. The summed E-state index contributed by atoms with van der Waals surface area (Å²) in [5, 5.41) is 3.83. The summed E-state index contributed by atoms with van der Waals surface area (Å²) in [5.74, 6) is -0.320. The molecule has 0 heterocycles. The van der Waals surface area contributed by atoms with Gasteiger partial charge in [-0.15, -0.1) is 0 Å². The summed E-state index contributed by atoms with van der Waals surface area (Å²) in [5.41, 5.74) is 0. The molecule has 0 bridgehead atoms. The Morgan fingerprint density at radius 3 is 1.53 bits per heavy atom. The number of carbonyl (C=O) groups is 1. The zero-order valence-electron chi connectivity index (χ0n) is 17.0. The summed E-state index contributed by atoms with van der Waals surface area (Å²) in [6, 6.07) is 31.8. The Kier molecular flexibility index (Phi) is 9.48. The van der Waals surface area contributed by atoms with Crippen LogP contribution in [0, 0.1) is 0 Å². The first kappa shape index (κ1) is 24.5. The van der Waals surface area contributed by atoms with Crippen LogP contribution in [-0.4, -0.2) is 18.2 Å². The van der Waals surface area contributed by atoms with Crippen LogP contribution in [0.4, 0.5) is 0 Å². The predicted octanol–water partition coefficient (Wildman–Crippen LogP) is 2.21. The summed E-state index contributed by atoms with van der Waals surface area (Å²) in [6.07, 6.45) is 2.14. The lowest BCUT2D eigenvalue weighted by Gasteiger charge is -2.27. The smallest absolute Gasteiger partial charge is 0.331 e. The number of hydrogen-bond acceptors (Lipinski definition) is 2. The van der Waals surface area contributed by atoms with Gasteiger partial charge in [0.05, 0.1) is 6.10 Å². The molecule has 0 amide bonds. The molecule has 3 aromatic carbocycles. The summed E-state index contributed by atoms with van der Waals surface area (Å²) >= 11 is 3.68. The van der Waals surface area contributed by atoms with E-state index in [0.717, 1.165) is 4.48 Å². The third kappa shape index (κ3) is 5.91. The molecule has 0 N–H and O–H groups in total. The number of ether oxygens (including phenoxy) is 1. The molecule has 30 heavy (non-hydrogen) atoms. The van der Waals surface area contributed by atoms with E-state index in [2.05, 4.69) is 88.7 Å². The van der Waals surface area contributed by atoms with Gasteiger partial charge in [-0.25, -0.2) is 4.79 Å². The number of rotatable bonds is 7. The van der Waals surface area contributed by atoms with Crippen LogP contribution in [0.5, 0.6) is 0 Å². The molecule has 2 nitrogen and oxygen atoms in total. The summed E-state index contributed by atoms with van der Waals surface area (Å²) in [6.45, 7) is 3.71. The van der Waals surface area contributed by atoms with Crippen LogP contribution in [0.25, 0.3) is 0 Å². The fourth-order valence-electron chi connectivity index (χ4n) is 3.43. The maximum Gasteiger partial charge on any atom is 0.331 e. The van der Waals surface area contributed by atoms with E-state index in [9.17, 15) is 4.79 Å². The molecule has 0 radical (unpaired) electrons. The predicted molar refractivity (Wildman–Crippen MR) is 128 cm³/mol. The van der Waals surface area contributed by atoms with Crippen molar-refractivity contribution in [3.63, 3.8) is 0 Å². The molecular formula is C25H25Br2O2P. The second-order valence-corrected chi connectivity index (χ2v) is 11.6. The van der Waals surface area contributed by atoms with E-state index in [1.807, 2.05) is 32.0 Å². The number of esters is 1. The minimum absolute atomic E-state index is 0. The summed E-state index contributed by atoms with van der Waals surface area (Å²) in [7, 11) is -2.02. The van der Waals surface area contributed by atoms with Gasteiger partial charge in [0.1, 0.15) is 29.3 Å². The average Bonchev–Trinajstić information content (AvgIpc) is 2.73. The van der Waals surface area contributed by atoms with Crippen LogP contribution >= 0.6 is 23.2 Å². The van der Waals surface area contributed by atoms with E-state index < -0.39 is 7.26 Å². The highest BCUT2D eigenvalue weighted by atomic mass is 79.9. The fraction of sp³-hybridized carbons (Fsp3) is 0.160. The maximum absolute atomic E-state index is 12.2. The lowest BCUT2D eigenvalue weighted by atomic mass is 10.4. The molecule has 156 valence electrons. The molecule has 3 rings (SSSR count). The quantitative estimate of drug-likeness (QED) is 0.258. The molecule has 5 heteroatoms. The van der Waals surface area contributed by atoms with Crippen molar-refractivity contribution in [2.24, 2.45) is 0 Å². The van der Waals surface area contributed by atoms with Crippen LogP contribution in [0.3, 0.4) is 0 Å². The third-order valence-corrected chi connectivity index (χ3v) is 9.90. The molecule has 0 aliphatic rings. The molecular weight excluding hydrogens is 523 g/mol. The highest BCUT2D eigenvalue weighted by Crippen LogP contribution is 2.57. The Labute approximate surface area is 198 Å². The van der Waals surface area contributed by atoms with Gasteiger partial charge in [-0.05, 0) is 50.2 Å². The van der Waals surface area contributed by atoms with Gasteiger partial charge in [-0.1, -0.05) is 70.5 Å². The Morgan fingerprint density at radius 2 is 1.20 bits per heavy atom. The van der Waals surface area contributed by atoms with E-state index >= 15 is 0 Å². The first-order valence-electron chi connectivity index (χ1n) is 9.64. The van der Waals surface area contributed by atoms with Gasteiger partial charge in [-0.2, -0.15) is 0 Å². The second kappa shape index (κ2) is 11.6. The van der Waals surface area contributed by atoms with Gasteiger partial charge < -0.3 is 21.7 Å². The third-order valence-electron chi connectivity index (χ3n) is 4.61. The van der Waals surface area contributed by atoms with Crippen molar-refractivity contribution in [1.29, 1.82) is 0 Å². The zero-order chi connectivity index (χ0) is 20.7. The topological polar surface area (TPSA) is 26.3 Å². The van der Waals surface area contributed by atoms with Gasteiger partial charge in [0.25, 0.3) is 0 Å². The van der Waals surface area contributed by atoms with Crippen molar-refractivity contribution in [2.45, 2.75) is 20.0 Å². The van der Waals surface area contributed by atoms with E-state index in [1.54, 1.807) is 6.08 Å². The number of benzene rings is 3. The minimum Gasteiger partial charge on any atom is -1.00 e. The van der Waals surface area contributed by atoms with Crippen molar-refractivity contribution in [1.82, 2.24) is 0 Å². The number of allylic oxidation sites excluding steroid dienone is 1. The number of hydrogen-bond donors (Lipinski definition) is 0. The van der Waals surface area contributed by atoms with Gasteiger partial charge in [-0.3, -0.25) is 0 Å². The highest BCUT2D eigenvalue weighted by molar-refractivity contribution is 9.11. The number of carbonyl (C=O) groups excluding carboxylic acids is 1. The highest BCUT2D eigenvalue weighted by Gasteiger charge is 2.45. The lowest BCUT2D eigenvalue weighted by molar-refractivity contribution is -0.141. The van der Waals surface area contributed by atoms with Crippen molar-refractivity contribution in [3.05, 3.63) is 102 Å². The van der Waals surface area contributed by atoms with Crippen molar-refractivity contribution in [2.75, 3.05) is 6.16 Å². The number of halogens is 2. The van der Waals surface area contributed by atoms with Gasteiger partial charge in [0.2, 0.25) is 0 Å². The Balaban J connectivity index is 0.00000320. The molecule has 3 aromatic rings. The van der Waals surface area contributed by atoms with E-state index in [4.69, 9.17) is 4.74 Å². The molecule has 0 atom stereocenters. The van der Waals surface area contributed by atoms with Gasteiger partial charge >= 0.3 is 5.97 Å². The van der Waals surface area contributed by atoms with E-state index in [0.29, 0.717) is 6.16 Å². The fourth-order valence-corrected chi connectivity index (χ4v) is 8.78. The standard InChI is InChI=1S/C25H25BrO2P.BrH/c1-20(2)28-25(27)18-21(26)19-29(22-12-6-3-7-13-22,23-14-8-4-9-15-23)24-16-10-5-11-17-24;/h3-18,20H,19H2,1-2H3;1H/q+1;/p-1/b21-18+;. The zero-order valence-corrected chi connectivity index (χ0v) is 21.1. The molecule has 0 aromatic heterocycles. The molecule has 0 spiro atoms. The van der Waals surface area contributed by atoms with Crippen LogP contribution in [0.15, 0.2) is 102 Å². The Morgan fingerprint density at radius 1 is 0.833 bits per heavy atom.